The summed E-state index contributed by atoms with van der Waals surface area (Å²) in [5.74, 6) is 1.90. The fraction of sp³-hybridized carbons (Fsp3) is 0.545. The molecule has 86 valence electrons. The van der Waals surface area contributed by atoms with E-state index in [9.17, 15) is 0 Å². The molecule has 0 aliphatic heterocycles. The molecule has 0 saturated carbocycles. The maximum absolute atomic E-state index is 8.77. The van der Waals surface area contributed by atoms with Crippen molar-refractivity contribution in [2.75, 3.05) is 24.2 Å². The van der Waals surface area contributed by atoms with Crippen molar-refractivity contribution in [2.24, 2.45) is 5.92 Å². The monoisotopic (exact) mass is 219 g/mol. The Morgan fingerprint density at radius 3 is 2.62 bits per heavy atom. The van der Waals surface area contributed by atoms with Crippen LogP contribution in [0.3, 0.4) is 0 Å². The Morgan fingerprint density at radius 1 is 1.44 bits per heavy atom. The van der Waals surface area contributed by atoms with Crippen molar-refractivity contribution in [3.63, 3.8) is 0 Å². The molecule has 1 heterocycles. The van der Waals surface area contributed by atoms with Crippen molar-refractivity contribution in [1.29, 1.82) is 5.26 Å². The number of nitrogens with zero attached hydrogens (tertiary/aromatic N) is 4. The molecule has 0 aliphatic carbocycles. The second-order valence-corrected chi connectivity index (χ2v) is 4.02. The van der Waals surface area contributed by atoms with Crippen molar-refractivity contribution in [3.8, 4) is 6.07 Å². The molecule has 0 amide bonds. The number of nitriles is 1. The van der Waals surface area contributed by atoms with Crippen LogP contribution < -0.4 is 10.6 Å². The molecule has 0 spiro atoms. The molecule has 1 aromatic rings. The van der Waals surface area contributed by atoms with Gasteiger partial charge in [-0.15, -0.1) is 0 Å². The summed E-state index contributed by atoms with van der Waals surface area (Å²) in [7, 11) is 1.90. The van der Waals surface area contributed by atoms with Gasteiger partial charge < -0.3 is 10.6 Å². The van der Waals surface area contributed by atoms with E-state index in [2.05, 4.69) is 16.0 Å². The van der Waals surface area contributed by atoms with Crippen LogP contribution in [0, 0.1) is 31.1 Å². The van der Waals surface area contributed by atoms with Crippen molar-refractivity contribution in [1.82, 2.24) is 9.97 Å². The molecule has 1 rings (SSSR count). The van der Waals surface area contributed by atoms with Crippen LogP contribution in [0.2, 0.25) is 0 Å². The molecule has 2 N–H and O–H groups in total. The first-order valence-electron chi connectivity index (χ1n) is 5.17. The lowest BCUT2D eigenvalue weighted by molar-refractivity contribution is 0.706. The molecule has 5 nitrogen and oxygen atoms in total. The predicted octanol–water partition coefficient (Wildman–Crippen LogP) is 1.27. The van der Waals surface area contributed by atoms with Crippen LogP contribution in [0.1, 0.15) is 18.3 Å². The smallest absolute Gasteiger partial charge is 0.137 e. The molecule has 1 aromatic heterocycles. The number of nitrogens with two attached hydrogens (primary N) is 1. The van der Waals surface area contributed by atoms with Crippen LogP contribution in [0.15, 0.2) is 0 Å². The lowest BCUT2D eigenvalue weighted by Gasteiger charge is -2.21. The summed E-state index contributed by atoms with van der Waals surface area (Å²) in [4.78, 5) is 10.4. The fourth-order valence-electron chi connectivity index (χ4n) is 1.54. The molecule has 16 heavy (non-hydrogen) atoms. The van der Waals surface area contributed by atoms with Crippen LogP contribution in [0.4, 0.5) is 11.6 Å². The third-order valence-electron chi connectivity index (χ3n) is 2.40. The minimum absolute atomic E-state index is 0.0408. The number of anilines is 2. The van der Waals surface area contributed by atoms with Crippen LogP contribution in [0.5, 0.6) is 0 Å². The van der Waals surface area contributed by atoms with Gasteiger partial charge in [-0.25, -0.2) is 9.97 Å². The normalized spacial score (nSPS) is 11.9. The highest BCUT2D eigenvalue weighted by Gasteiger charge is 2.13. The molecule has 0 fully saturated rings. The molecular weight excluding hydrogens is 202 g/mol. The highest BCUT2D eigenvalue weighted by Crippen LogP contribution is 2.20. The quantitative estimate of drug-likeness (QED) is 0.828. The zero-order valence-electron chi connectivity index (χ0n) is 10.2. The van der Waals surface area contributed by atoms with E-state index in [0.717, 1.165) is 11.4 Å². The van der Waals surface area contributed by atoms with Crippen LogP contribution in [-0.4, -0.2) is 23.6 Å². The summed E-state index contributed by atoms with van der Waals surface area (Å²) in [6.45, 7) is 6.20. The first-order valence-corrected chi connectivity index (χ1v) is 5.17. The fourth-order valence-corrected chi connectivity index (χ4v) is 1.54. The molecular formula is C11H17N5. The maximum Gasteiger partial charge on any atom is 0.137 e. The van der Waals surface area contributed by atoms with Crippen molar-refractivity contribution in [3.05, 3.63) is 11.4 Å². The molecule has 1 unspecified atom stereocenters. The van der Waals surface area contributed by atoms with Gasteiger partial charge in [0.15, 0.2) is 0 Å². The Bertz CT molecular complexity index is 421. The number of hydrogen-bond acceptors (Lipinski definition) is 5. The number of aryl methyl sites for hydroxylation is 1. The van der Waals surface area contributed by atoms with E-state index in [1.165, 1.54) is 0 Å². The van der Waals surface area contributed by atoms with Crippen LogP contribution in [-0.2, 0) is 0 Å². The van der Waals surface area contributed by atoms with E-state index in [1.807, 2.05) is 25.8 Å². The summed E-state index contributed by atoms with van der Waals surface area (Å²) in [6, 6.07) is 2.20. The zero-order valence-corrected chi connectivity index (χ0v) is 10.2. The molecule has 0 aromatic carbocycles. The molecule has 0 bridgehead atoms. The van der Waals surface area contributed by atoms with Gasteiger partial charge in [0, 0.05) is 19.2 Å². The van der Waals surface area contributed by atoms with Crippen molar-refractivity contribution in [2.45, 2.75) is 20.8 Å². The van der Waals surface area contributed by atoms with E-state index in [-0.39, 0.29) is 5.92 Å². The van der Waals surface area contributed by atoms with Crippen LogP contribution in [0.25, 0.3) is 0 Å². The first-order chi connectivity index (χ1) is 7.45. The molecule has 0 saturated heterocycles. The van der Waals surface area contributed by atoms with Gasteiger partial charge in [-0.1, -0.05) is 0 Å². The topological polar surface area (TPSA) is 78.8 Å². The Morgan fingerprint density at radius 2 is 2.06 bits per heavy atom. The molecule has 0 aliphatic rings. The highest BCUT2D eigenvalue weighted by atomic mass is 15.2. The minimum Gasteiger partial charge on any atom is -0.383 e. The third-order valence-corrected chi connectivity index (χ3v) is 2.40. The average Bonchev–Trinajstić information content (AvgIpc) is 2.22. The molecule has 0 radical (unpaired) electrons. The van der Waals surface area contributed by atoms with Gasteiger partial charge >= 0.3 is 0 Å². The lowest BCUT2D eigenvalue weighted by atomic mass is 10.2. The lowest BCUT2D eigenvalue weighted by Crippen LogP contribution is -2.25. The van der Waals surface area contributed by atoms with Crippen molar-refractivity contribution < 1.29 is 0 Å². The summed E-state index contributed by atoms with van der Waals surface area (Å²) >= 11 is 0. The molecule has 1 atom stereocenters. The Balaban J connectivity index is 3.00. The standard InChI is InChI=1S/C11H17N5/c1-7(5-12)6-16(4)11-8(2)10(13)14-9(3)15-11/h7H,6H2,1-4H3,(H2,13,14,15). The number of nitrogen functional groups attached to an aromatic ring is 1. The summed E-state index contributed by atoms with van der Waals surface area (Å²) in [6.07, 6.45) is 0. The van der Waals surface area contributed by atoms with Crippen molar-refractivity contribution >= 4 is 11.6 Å². The SMILES string of the molecule is Cc1nc(N)c(C)c(N(C)CC(C)C#N)n1. The van der Waals surface area contributed by atoms with E-state index in [0.29, 0.717) is 18.2 Å². The summed E-state index contributed by atoms with van der Waals surface area (Å²) in [5, 5.41) is 8.77. The van der Waals surface area contributed by atoms with Crippen LogP contribution >= 0.6 is 0 Å². The van der Waals surface area contributed by atoms with E-state index in [1.54, 1.807) is 6.92 Å². The number of aromatic nitrogens is 2. The largest absolute Gasteiger partial charge is 0.383 e. The highest BCUT2D eigenvalue weighted by molar-refractivity contribution is 5.56. The number of hydrogen-bond donors (Lipinski definition) is 1. The van der Waals surface area contributed by atoms with Gasteiger partial charge in [-0.2, -0.15) is 5.26 Å². The van der Waals surface area contributed by atoms with Gasteiger partial charge in [-0.3, -0.25) is 0 Å². The second kappa shape index (κ2) is 4.79. The predicted molar refractivity (Wildman–Crippen MR) is 64.0 cm³/mol. The summed E-state index contributed by atoms with van der Waals surface area (Å²) in [5.41, 5.74) is 6.64. The average molecular weight is 219 g/mol. The maximum atomic E-state index is 8.77. The van der Waals surface area contributed by atoms with E-state index in [4.69, 9.17) is 11.0 Å². The van der Waals surface area contributed by atoms with Gasteiger partial charge in [-0.05, 0) is 20.8 Å². The number of rotatable bonds is 3. The third kappa shape index (κ3) is 2.60. The Labute approximate surface area is 95.9 Å². The van der Waals surface area contributed by atoms with E-state index < -0.39 is 0 Å². The molecule has 5 heteroatoms. The van der Waals surface area contributed by atoms with E-state index >= 15 is 0 Å². The Kier molecular flexibility index (Phi) is 3.67. The van der Waals surface area contributed by atoms with Gasteiger partial charge in [0.05, 0.1) is 12.0 Å². The first kappa shape index (κ1) is 12.2. The summed E-state index contributed by atoms with van der Waals surface area (Å²) < 4.78 is 0. The Hall–Kier alpha value is -1.83. The van der Waals surface area contributed by atoms with Gasteiger partial charge in [0.2, 0.25) is 0 Å². The van der Waals surface area contributed by atoms with Gasteiger partial charge in [0.25, 0.3) is 0 Å². The zero-order chi connectivity index (χ0) is 12.3. The second-order valence-electron chi connectivity index (χ2n) is 4.02. The minimum atomic E-state index is -0.0408. The van der Waals surface area contributed by atoms with Gasteiger partial charge in [0.1, 0.15) is 17.5 Å².